The first-order chi connectivity index (χ1) is 36.8. The van der Waals surface area contributed by atoms with E-state index in [4.69, 9.17) is 5.73 Å². The smallest absolute Gasteiger partial charge is 0.326 e. The molecule has 0 aliphatic heterocycles. The number of nitrogens with one attached hydrogen (secondary N) is 10. The number of para-hydroxylation sites is 1. The molecule has 0 fully saturated rings. The van der Waals surface area contributed by atoms with E-state index in [2.05, 4.69) is 42.2 Å². The largest absolute Gasteiger partial charge is 0.508 e. The Hall–Kier alpha value is -7.84. The van der Waals surface area contributed by atoms with Gasteiger partial charge in [0.15, 0.2) is 0 Å². The van der Waals surface area contributed by atoms with Crippen LogP contribution in [0.25, 0.3) is 10.9 Å². The van der Waals surface area contributed by atoms with E-state index in [0.717, 1.165) is 13.8 Å². The zero-order chi connectivity index (χ0) is 58.6. The van der Waals surface area contributed by atoms with Crippen molar-refractivity contribution in [3.63, 3.8) is 0 Å². The lowest BCUT2D eigenvalue weighted by Gasteiger charge is -2.28. The molecule has 1 heterocycles. The van der Waals surface area contributed by atoms with Crippen LogP contribution in [-0.4, -0.2) is 216 Å². The number of aliphatic carboxylic acids is 1. The number of carbonyl (C=O) groups excluding carboxylic acids is 9. The fourth-order valence-corrected chi connectivity index (χ4v) is 7.37. The third-order valence-electron chi connectivity index (χ3n) is 11.9. The van der Waals surface area contributed by atoms with Gasteiger partial charge in [-0.2, -0.15) is 0 Å². The number of nitrogens with two attached hydrogens (primary N) is 1. The van der Waals surface area contributed by atoms with Crippen molar-refractivity contribution in [2.45, 2.75) is 113 Å². The summed E-state index contributed by atoms with van der Waals surface area (Å²) in [5.74, 6) is -12.9. The quantitative estimate of drug-likeness (QED) is 0.0284. The zero-order valence-electron chi connectivity index (χ0n) is 42.8. The van der Waals surface area contributed by atoms with Crippen LogP contribution in [0.3, 0.4) is 0 Å². The van der Waals surface area contributed by atoms with Crippen molar-refractivity contribution in [3.05, 3.63) is 65.9 Å². The molecule has 430 valence electrons. The number of aromatic nitrogens is 1. The molecule has 0 bridgehead atoms. The Morgan fingerprint density at radius 1 is 0.474 bits per heavy atom. The first kappa shape index (κ1) is 64.4. The number of carboxylic acids is 1. The standard InChI is InChI=1S/C48H69N11O19/c1-21(2)36(48(77)78)57-41(70)31(14-25-15-50-29-8-6-5-7-27(25)29)52-46(75)37(22(3)65)59-45(74)35(20-64)55-43(72)33(18-62)54-44(73)34(19-63)56-47(76)38(23(4)66)58-40(69)30(13-24-9-11-26(67)12-10-24)51-42(71)32(17-61)53-39(68)28(49)16-60/h5-12,15,21-23,28,30-38,50,60-67H,13-14,16-20,49H2,1-4H3,(H,51,71)(H,52,75)(H,53,68)(H,54,73)(H,55,72)(H,56,76)(H,57,70)(H,58,69)(H,59,74)(H,77,78)/t22-,23-,28+,30+,31+,32+,33+,34+,35+,36+,37+,38+/m1/s1. The van der Waals surface area contributed by atoms with Gasteiger partial charge < -0.3 is 105 Å². The number of benzene rings is 2. The van der Waals surface area contributed by atoms with Gasteiger partial charge in [0.1, 0.15) is 66.2 Å². The van der Waals surface area contributed by atoms with Crippen molar-refractivity contribution >= 4 is 70.0 Å². The second-order valence-electron chi connectivity index (χ2n) is 18.3. The number of carbonyl (C=O) groups is 10. The average molecular weight is 1100 g/mol. The van der Waals surface area contributed by atoms with Crippen molar-refractivity contribution in [1.29, 1.82) is 0 Å². The molecule has 0 saturated carbocycles. The van der Waals surface area contributed by atoms with Crippen LogP contribution in [-0.2, 0) is 60.8 Å². The zero-order valence-corrected chi connectivity index (χ0v) is 42.8. The van der Waals surface area contributed by atoms with E-state index in [-0.39, 0.29) is 18.6 Å². The minimum atomic E-state index is -1.99. The molecule has 0 unspecified atom stereocenters. The van der Waals surface area contributed by atoms with E-state index in [1.165, 1.54) is 24.3 Å². The number of aromatic amines is 1. The molecule has 2 aromatic carbocycles. The molecule has 3 aromatic rings. The molecule has 0 spiro atoms. The van der Waals surface area contributed by atoms with Gasteiger partial charge in [-0.25, -0.2) is 4.79 Å². The summed E-state index contributed by atoms with van der Waals surface area (Å²) in [5.41, 5.74) is 6.99. The van der Waals surface area contributed by atoms with Gasteiger partial charge in [0.2, 0.25) is 53.2 Å². The number of aromatic hydroxyl groups is 1. The van der Waals surface area contributed by atoms with Crippen LogP contribution >= 0.6 is 0 Å². The number of aliphatic hydroxyl groups excluding tert-OH is 7. The van der Waals surface area contributed by atoms with Gasteiger partial charge in [-0.3, -0.25) is 43.2 Å². The number of fused-ring (bicyclic) bond motifs is 1. The van der Waals surface area contributed by atoms with E-state index in [9.17, 15) is 93.9 Å². The second-order valence-corrected chi connectivity index (χ2v) is 18.3. The van der Waals surface area contributed by atoms with Crippen LogP contribution < -0.4 is 53.6 Å². The summed E-state index contributed by atoms with van der Waals surface area (Å²) in [6.45, 7) is -0.220. The number of rotatable bonds is 31. The molecular weight excluding hydrogens is 1030 g/mol. The summed E-state index contributed by atoms with van der Waals surface area (Å²) in [6, 6.07) is -5.31. The van der Waals surface area contributed by atoms with Crippen molar-refractivity contribution in [1.82, 2.24) is 52.8 Å². The highest BCUT2D eigenvalue weighted by molar-refractivity contribution is 5.99. The lowest BCUT2D eigenvalue weighted by molar-refractivity contribution is -0.143. The minimum absolute atomic E-state index is 0.162. The van der Waals surface area contributed by atoms with Crippen LogP contribution in [0, 0.1) is 5.92 Å². The van der Waals surface area contributed by atoms with Gasteiger partial charge in [-0.1, -0.05) is 44.2 Å². The van der Waals surface area contributed by atoms with E-state index < -0.39 is 171 Å². The molecule has 12 atom stereocenters. The van der Waals surface area contributed by atoms with Crippen LogP contribution in [0.1, 0.15) is 38.8 Å². The fraction of sp³-hybridized carbons (Fsp3) is 0.500. The van der Waals surface area contributed by atoms with Gasteiger partial charge in [0, 0.05) is 29.9 Å². The van der Waals surface area contributed by atoms with Crippen molar-refractivity contribution in [3.8, 4) is 5.75 Å². The predicted octanol–water partition coefficient (Wildman–Crippen LogP) is -8.19. The predicted molar refractivity (Wildman–Crippen MR) is 270 cm³/mol. The SMILES string of the molecule is CC(C)[C@H](NC(=O)[C@H](Cc1c[nH]c2ccccc12)NC(=O)[C@@H](NC(=O)[C@H](CO)NC(=O)[C@H](CO)NC(=O)[C@H](CO)NC(=O)[C@@H](NC(=O)[C@H](Cc1ccc(O)cc1)NC(=O)[C@H](CO)NC(=O)[C@@H](N)CO)[C@@H](C)O)[C@@H](C)O)C(=O)O. The van der Waals surface area contributed by atoms with E-state index in [1.807, 2.05) is 10.6 Å². The summed E-state index contributed by atoms with van der Waals surface area (Å²) in [5, 5.41) is 110. The number of aliphatic hydroxyl groups is 7. The maximum atomic E-state index is 13.8. The number of carboxylic acid groups (broad SMARTS) is 1. The molecule has 9 amide bonds. The molecule has 30 nitrogen and oxygen atoms in total. The van der Waals surface area contributed by atoms with E-state index in [0.29, 0.717) is 22.0 Å². The average Bonchev–Trinajstić information content (AvgIpc) is 3.81. The van der Waals surface area contributed by atoms with Crippen LogP contribution in [0.5, 0.6) is 5.75 Å². The van der Waals surface area contributed by atoms with Crippen LogP contribution in [0.4, 0.5) is 0 Å². The number of hydrogen-bond donors (Lipinski definition) is 20. The molecular formula is C48H69N11O19. The number of hydrogen-bond acceptors (Lipinski definition) is 19. The number of amides is 9. The molecule has 0 saturated heterocycles. The highest BCUT2D eigenvalue weighted by Crippen LogP contribution is 2.20. The Balaban J connectivity index is 1.74. The molecule has 0 aliphatic rings. The van der Waals surface area contributed by atoms with Crippen LogP contribution in [0.15, 0.2) is 54.7 Å². The molecule has 30 heteroatoms. The monoisotopic (exact) mass is 1100 g/mol. The Morgan fingerprint density at radius 3 is 1.27 bits per heavy atom. The van der Waals surface area contributed by atoms with E-state index >= 15 is 0 Å². The lowest BCUT2D eigenvalue weighted by Crippen LogP contribution is -2.63. The van der Waals surface area contributed by atoms with E-state index in [1.54, 1.807) is 44.3 Å². The summed E-state index contributed by atoms with van der Waals surface area (Å²) >= 11 is 0. The molecule has 1 aromatic heterocycles. The summed E-state index contributed by atoms with van der Waals surface area (Å²) < 4.78 is 0. The third kappa shape index (κ3) is 18.7. The van der Waals surface area contributed by atoms with Gasteiger partial charge in [-0.15, -0.1) is 0 Å². The minimum Gasteiger partial charge on any atom is -0.508 e. The highest BCUT2D eigenvalue weighted by Gasteiger charge is 2.37. The normalized spacial score (nSPS) is 15.9. The van der Waals surface area contributed by atoms with Gasteiger partial charge in [-0.05, 0) is 49.1 Å². The molecule has 78 heavy (non-hydrogen) atoms. The van der Waals surface area contributed by atoms with Crippen molar-refractivity contribution in [2.24, 2.45) is 11.7 Å². The second kappa shape index (κ2) is 30.8. The number of H-pyrrole nitrogens is 1. The topological polar surface area (TPSA) is 503 Å². The van der Waals surface area contributed by atoms with Gasteiger partial charge in [0.25, 0.3) is 0 Å². The van der Waals surface area contributed by atoms with Crippen molar-refractivity contribution in [2.75, 3.05) is 33.0 Å². The highest BCUT2D eigenvalue weighted by atomic mass is 16.4. The fourth-order valence-electron chi connectivity index (χ4n) is 7.37. The Bertz CT molecular complexity index is 2560. The summed E-state index contributed by atoms with van der Waals surface area (Å²) in [7, 11) is 0. The maximum Gasteiger partial charge on any atom is 0.326 e. The van der Waals surface area contributed by atoms with Crippen LogP contribution in [0.2, 0.25) is 0 Å². The first-order valence-corrected chi connectivity index (χ1v) is 24.3. The summed E-state index contributed by atoms with van der Waals surface area (Å²) in [6.07, 6.45) is -2.48. The molecule has 0 aliphatic carbocycles. The Kier molecular flexibility index (Phi) is 25.4. The number of phenols is 1. The van der Waals surface area contributed by atoms with Crippen molar-refractivity contribution < 1.29 is 93.9 Å². The van der Waals surface area contributed by atoms with Gasteiger partial charge in [0.05, 0.1) is 45.2 Å². The number of phenolic OH excluding ortho intramolecular Hbond substituents is 1. The maximum absolute atomic E-state index is 13.8. The molecule has 21 N–H and O–H groups in total. The molecule has 3 rings (SSSR count). The Morgan fingerprint density at radius 2 is 0.846 bits per heavy atom. The summed E-state index contributed by atoms with van der Waals surface area (Å²) in [4.78, 5) is 135. The lowest BCUT2D eigenvalue weighted by atomic mass is 10.0. The van der Waals surface area contributed by atoms with Gasteiger partial charge >= 0.3 is 5.97 Å². The Labute approximate surface area is 445 Å². The molecule has 0 radical (unpaired) electrons. The third-order valence-corrected chi connectivity index (χ3v) is 11.9. The first-order valence-electron chi connectivity index (χ1n) is 24.3.